The van der Waals surface area contributed by atoms with E-state index in [2.05, 4.69) is 15.0 Å². The minimum absolute atomic E-state index is 0.192. The number of halogens is 1. The Kier molecular flexibility index (Phi) is 6.06. The van der Waals surface area contributed by atoms with Gasteiger partial charge in [-0.25, -0.2) is 13.9 Å². The van der Waals surface area contributed by atoms with Crippen LogP contribution in [0.3, 0.4) is 0 Å². The average Bonchev–Trinajstić information content (AvgIpc) is 3.17. The van der Waals surface area contributed by atoms with E-state index in [-0.39, 0.29) is 18.3 Å². The van der Waals surface area contributed by atoms with Gasteiger partial charge in [-0.1, -0.05) is 18.2 Å². The highest BCUT2D eigenvalue weighted by Gasteiger charge is 2.23. The molecule has 0 unspecified atom stereocenters. The van der Waals surface area contributed by atoms with Gasteiger partial charge >= 0.3 is 0 Å². The number of carbonyl (C=O) groups is 1. The normalized spacial score (nSPS) is 14.9. The van der Waals surface area contributed by atoms with E-state index < -0.39 is 0 Å². The molecule has 1 aliphatic rings. The van der Waals surface area contributed by atoms with Crippen molar-refractivity contribution in [2.45, 2.75) is 20.4 Å². The number of hydrogen-bond donors (Lipinski definition) is 0. The average molecular weight is 411 g/mol. The third-order valence-electron chi connectivity index (χ3n) is 5.40. The Morgan fingerprint density at radius 1 is 1.23 bits per heavy atom. The number of amides is 1. The second-order valence-electron chi connectivity index (χ2n) is 7.60. The Morgan fingerprint density at radius 2 is 2.00 bits per heavy atom. The van der Waals surface area contributed by atoms with Gasteiger partial charge in [-0.15, -0.1) is 0 Å². The Balaban J connectivity index is 1.62. The summed E-state index contributed by atoms with van der Waals surface area (Å²) >= 11 is 0. The topological polar surface area (TPSA) is 63.0 Å². The summed E-state index contributed by atoms with van der Waals surface area (Å²) in [5.41, 5.74) is 3.18. The highest BCUT2D eigenvalue weighted by atomic mass is 19.1. The number of morpholine rings is 1. The summed E-state index contributed by atoms with van der Waals surface area (Å²) in [6.07, 6.45) is 1.56. The second kappa shape index (κ2) is 8.89. The summed E-state index contributed by atoms with van der Waals surface area (Å²) < 4.78 is 21.4. The van der Waals surface area contributed by atoms with Crippen LogP contribution in [0, 0.1) is 19.7 Å². The summed E-state index contributed by atoms with van der Waals surface area (Å²) in [6.45, 7) is 8.25. The molecule has 30 heavy (non-hydrogen) atoms. The first-order chi connectivity index (χ1) is 14.5. The predicted molar refractivity (Wildman–Crippen MR) is 111 cm³/mol. The molecule has 1 aromatic carbocycles. The van der Waals surface area contributed by atoms with Gasteiger partial charge in [0.2, 0.25) is 0 Å². The van der Waals surface area contributed by atoms with Gasteiger partial charge in [0.25, 0.3) is 5.91 Å². The molecule has 1 fully saturated rings. The van der Waals surface area contributed by atoms with Crippen LogP contribution in [0.15, 0.2) is 36.5 Å². The molecule has 1 amide bonds. The highest BCUT2D eigenvalue weighted by molar-refractivity contribution is 5.99. The molecule has 7 nitrogen and oxygen atoms in total. The van der Waals surface area contributed by atoms with E-state index in [4.69, 9.17) is 4.74 Å². The molecular formula is C22H26FN5O2. The van der Waals surface area contributed by atoms with Crippen LogP contribution < -0.4 is 0 Å². The molecule has 4 rings (SSSR count). The molecule has 0 aliphatic carbocycles. The van der Waals surface area contributed by atoms with Crippen LogP contribution in [0.5, 0.6) is 0 Å². The van der Waals surface area contributed by atoms with Crippen LogP contribution in [-0.4, -0.2) is 69.7 Å². The number of ether oxygens (including phenoxy) is 1. The maximum atomic E-state index is 14.3. The third-order valence-corrected chi connectivity index (χ3v) is 5.40. The molecule has 3 heterocycles. The monoisotopic (exact) mass is 411 g/mol. The first-order valence-corrected chi connectivity index (χ1v) is 10.2. The van der Waals surface area contributed by atoms with Gasteiger partial charge in [-0.3, -0.25) is 9.69 Å². The SMILES string of the molecule is Cc1cc(C)n2ncc(C(=O)N(CCN3CCOCC3)Cc3ccccc3F)c2n1. The Morgan fingerprint density at radius 3 is 2.77 bits per heavy atom. The van der Waals surface area contributed by atoms with Crippen LogP contribution in [-0.2, 0) is 11.3 Å². The molecule has 1 aliphatic heterocycles. The van der Waals surface area contributed by atoms with Crippen molar-refractivity contribution in [1.29, 1.82) is 0 Å². The number of benzene rings is 1. The molecule has 158 valence electrons. The molecule has 0 N–H and O–H groups in total. The molecule has 2 aromatic heterocycles. The highest BCUT2D eigenvalue weighted by Crippen LogP contribution is 2.17. The lowest BCUT2D eigenvalue weighted by Crippen LogP contribution is -2.43. The molecule has 0 radical (unpaired) electrons. The first kappa shape index (κ1) is 20.4. The van der Waals surface area contributed by atoms with Gasteiger partial charge < -0.3 is 9.64 Å². The number of rotatable bonds is 6. The van der Waals surface area contributed by atoms with E-state index in [0.29, 0.717) is 43.1 Å². The lowest BCUT2D eigenvalue weighted by Gasteiger charge is -2.30. The van der Waals surface area contributed by atoms with E-state index in [0.717, 1.165) is 24.5 Å². The van der Waals surface area contributed by atoms with Gasteiger partial charge in [0, 0.05) is 49.7 Å². The van der Waals surface area contributed by atoms with E-state index >= 15 is 0 Å². The van der Waals surface area contributed by atoms with Crippen molar-refractivity contribution in [3.05, 3.63) is 64.9 Å². The molecule has 0 atom stereocenters. The van der Waals surface area contributed by atoms with Crippen molar-refractivity contribution in [3.63, 3.8) is 0 Å². The summed E-state index contributed by atoms with van der Waals surface area (Å²) in [5.74, 6) is -0.509. The zero-order valence-electron chi connectivity index (χ0n) is 17.3. The van der Waals surface area contributed by atoms with Crippen molar-refractivity contribution in [2.75, 3.05) is 39.4 Å². The molecule has 1 saturated heterocycles. The number of aryl methyl sites for hydroxylation is 2. The number of carbonyl (C=O) groups excluding carboxylic acids is 1. The molecule has 0 saturated carbocycles. The first-order valence-electron chi connectivity index (χ1n) is 10.2. The van der Waals surface area contributed by atoms with Crippen molar-refractivity contribution >= 4 is 11.6 Å². The van der Waals surface area contributed by atoms with Gasteiger partial charge in [0.15, 0.2) is 5.65 Å². The molecule has 0 bridgehead atoms. The maximum absolute atomic E-state index is 14.3. The van der Waals surface area contributed by atoms with Crippen molar-refractivity contribution in [2.24, 2.45) is 0 Å². The van der Waals surface area contributed by atoms with Crippen LogP contribution >= 0.6 is 0 Å². The summed E-state index contributed by atoms with van der Waals surface area (Å²) in [6, 6.07) is 8.49. The van der Waals surface area contributed by atoms with Crippen molar-refractivity contribution in [3.8, 4) is 0 Å². The predicted octanol–water partition coefficient (Wildman–Crippen LogP) is 2.46. The summed E-state index contributed by atoms with van der Waals surface area (Å²) in [4.78, 5) is 22.0. The maximum Gasteiger partial charge on any atom is 0.259 e. The Hall–Kier alpha value is -2.84. The fourth-order valence-electron chi connectivity index (χ4n) is 3.76. The number of fused-ring (bicyclic) bond motifs is 1. The summed E-state index contributed by atoms with van der Waals surface area (Å²) in [7, 11) is 0. The quantitative estimate of drug-likeness (QED) is 0.624. The summed E-state index contributed by atoms with van der Waals surface area (Å²) in [5, 5.41) is 4.34. The minimum atomic E-state index is -0.314. The van der Waals surface area contributed by atoms with Crippen LogP contribution in [0.2, 0.25) is 0 Å². The molecule has 0 spiro atoms. The zero-order chi connectivity index (χ0) is 21.1. The molecule has 8 heteroatoms. The number of nitrogens with zero attached hydrogens (tertiary/aromatic N) is 5. The van der Waals surface area contributed by atoms with Gasteiger partial charge in [-0.2, -0.15) is 5.10 Å². The van der Waals surface area contributed by atoms with Gasteiger partial charge in [0.05, 0.1) is 19.4 Å². The fraction of sp³-hybridized carbons (Fsp3) is 0.409. The van der Waals surface area contributed by atoms with Crippen LogP contribution in [0.25, 0.3) is 5.65 Å². The van der Waals surface area contributed by atoms with Crippen LogP contribution in [0.4, 0.5) is 4.39 Å². The van der Waals surface area contributed by atoms with Crippen LogP contribution in [0.1, 0.15) is 27.3 Å². The lowest BCUT2D eigenvalue weighted by molar-refractivity contribution is 0.0320. The number of aromatic nitrogens is 3. The molecular weight excluding hydrogens is 385 g/mol. The smallest absolute Gasteiger partial charge is 0.259 e. The zero-order valence-corrected chi connectivity index (χ0v) is 17.3. The van der Waals surface area contributed by atoms with E-state index in [9.17, 15) is 9.18 Å². The lowest BCUT2D eigenvalue weighted by atomic mass is 10.1. The minimum Gasteiger partial charge on any atom is -0.379 e. The number of hydrogen-bond acceptors (Lipinski definition) is 5. The fourth-order valence-corrected chi connectivity index (χ4v) is 3.76. The van der Waals surface area contributed by atoms with E-state index in [1.165, 1.54) is 6.07 Å². The van der Waals surface area contributed by atoms with Gasteiger partial charge in [-0.05, 0) is 26.0 Å². The largest absolute Gasteiger partial charge is 0.379 e. The standard InChI is InChI=1S/C22H26FN5O2/c1-16-13-17(2)28-21(25-16)19(14-24-28)22(29)27(8-7-26-9-11-30-12-10-26)15-18-5-3-4-6-20(18)23/h3-6,13-14H,7-12,15H2,1-2H3. The van der Waals surface area contributed by atoms with Gasteiger partial charge in [0.1, 0.15) is 11.4 Å². The Bertz CT molecular complexity index is 1050. The van der Waals surface area contributed by atoms with Crippen molar-refractivity contribution in [1.82, 2.24) is 24.4 Å². The van der Waals surface area contributed by atoms with E-state index in [1.807, 2.05) is 19.9 Å². The van der Waals surface area contributed by atoms with E-state index in [1.54, 1.807) is 33.8 Å². The van der Waals surface area contributed by atoms with Crippen molar-refractivity contribution < 1.29 is 13.9 Å². The second-order valence-corrected chi connectivity index (χ2v) is 7.60. The Labute approximate surface area is 175 Å². The molecule has 3 aromatic rings. The third kappa shape index (κ3) is 4.34.